The maximum absolute atomic E-state index is 4.33. The summed E-state index contributed by atoms with van der Waals surface area (Å²) < 4.78 is 4.02. The van der Waals surface area contributed by atoms with Crippen molar-refractivity contribution in [2.24, 2.45) is 0 Å². The molecule has 0 aliphatic rings. The number of aromatic nitrogens is 3. The summed E-state index contributed by atoms with van der Waals surface area (Å²) >= 11 is 6.97. The van der Waals surface area contributed by atoms with Crippen LogP contribution in [-0.4, -0.2) is 15.0 Å². The summed E-state index contributed by atoms with van der Waals surface area (Å²) in [6.45, 7) is 4.10. The van der Waals surface area contributed by atoms with Crippen molar-refractivity contribution in [3.8, 4) is 16.9 Å². The predicted molar refractivity (Wildman–Crippen MR) is 91.7 cm³/mol. The molecule has 21 heavy (non-hydrogen) atoms. The molecule has 106 valence electrons. The first-order valence-corrected chi connectivity index (χ1v) is 8.09. The molecular weight excluding hydrogens is 394 g/mol. The Morgan fingerprint density at radius 3 is 2.33 bits per heavy atom. The zero-order chi connectivity index (χ0) is 15.0. The van der Waals surface area contributed by atoms with Crippen LogP contribution in [0.1, 0.15) is 11.3 Å². The standard InChI is InChI=1S/C16H13Br2N3/c1-10-9-14(7-8-15(10)18)21-11(2)16(19-20-21)12-3-5-13(17)6-4-12/h3-9H,1-2H3. The van der Waals surface area contributed by atoms with E-state index >= 15 is 0 Å². The molecule has 0 saturated heterocycles. The van der Waals surface area contributed by atoms with Gasteiger partial charge < -0.3 is 0 Å². The van der Waals surface area contributed by atoms with Crippen LogP contribution in [0.25, 0.3) is 16.9 Å². The van der Waals surface area contributed by atoms with Crippen LogP contribution in [0, 0.1) is 13.8 Å². The first kappa shape index (κ1) is 14.5. The first-order chi connectivity index (χ1) is 10.1. The van der Waals surface area contributed by atoms with Crippen LogP contribution < -0.4 is 0 Å². The number of benzene rings is 2. The second-order valence-corrected chi connectivity index (χ2v) is 6.65. The van der Waals surface area contributed by atoms with E-state index in [0.29, 0.717) is 0 Å². The summed E-state index contributed by atoms with van der Waals surface area (Å²) in [4.78, 5) is 0. The number of aryl methyl sites for hydroxylation is 1. The maximum atomic E-state index is 4.33. The molecule has 0 fully saturated rings. The van der Waals surface area contributed by atoms with Gasteiger partial charge >= 0.3 is 0 Å². The Morgan fingerprint density at radius 1 is 0.952 bits per heavy atom. The Morgan fingerprint density at radius 2 is 1.67 bits per heavy atom. The van der Waals surface area contributed by atoms with E-state index in [-0.39, 0.29) is 0 Å². The normalized spacial score (nSPS) is 10.9. The van der Waals surface area contributed by atoms with E-state index in [1.54, 1.807) is 0 Å². The van der Waals surface area contributed by atoms with Crippen molar-refractivity contribution in [1.29, 1.82) is 0 Å². The lowest BCUT2D eigenvalue weighted by atomic mass is 10.1. The highest BCUT2D eigenvalue weighted by Gasteiger charge is 2.12. The second-order valence-electron chi connectivity index (χ2n) is 4.88. The number of halogens is 2. The Hall–Kier alpha value is -1.46. The lowest BCUT2D eigenvalue weighted by molar-refractivity contribution is 0.784. The van der Waals surface area contributed by atoms with Crippen molar-refractivity contribution in [2.75, 3.05) is 0 Å². The second kappa shape index (κ2) is 5.73. The van der Waals surface area contributed by atoms with E-state index in [0.717, 1.165) is 31.6 Å². The Balaban J connectivity index is 2.06. The Kier molecular flexibility index (Phi) is 3.95. The van der Waals surface area contributed by atoms with Crippen LogP contribution in [0.15, 0.2) is 51.4 Å². The molecule has 0 atom stereocenters. The number of hydrogen-bond acceptors (Lipinski definition) is 2. The smallest absolute Gasteiger partial charge is 0.116 e. The average molecular weight is 407 g/mol. The Labute approximate surface area is 140 Å². The molecule has 0 bridgehead atoms. The molecule has 0 aliphatic carbocycles. The van der Waals surface area contributed by atoms with Crippen molar-refractivity contribution >= 4 is 31.9 Å². The third-order valence-electron chi connectivity index (χ3n) is 3.40. The summed E-state index contributed by atoms with van der Waals surface area (Å²) in [5.74, 6) is 0. The number of rotatable bonds is 2. The molecule has 0 unspecified atom stereocenters. The monoisotopic (exact) mass is 405 g/mol. The molecular formula is C16H13Br2N3. The lowest BCUT2D eigenvalue weighted by Crippen LogP contribution is -1.99. The van der Waals surface area contributed by atoms with Gasteiger partial charge in [0.05, 0.1) is 11.4 Å². The minimum atomic E-state index is 0.906. The lowest BCUT2D eigenvalue weighted by Gasteiger charge is -2.06. The maximum Gasteiger partial charge on any atom is 0.116 e. The highest BCUT2D eigenvalue weighted by atomic mass is 79.9. The molecule has 2 aromatic carbocycles. The zero-order valence-corrected chi connectivity index (χ0v) is 14.8. The first-order valence-electron chi connectivity index (χ1n) is 6.51. The van der Waals surface area contributed by atoms with Gasteiger partial charge in [-0.05, 0) is 49.7 Å². The molecule has 5 heteroatoms. The van der Waals surface area contributed by atoms with E-state index in [1.165, 1.54) is 5.56 Å². The molecule has 1 heterocycles. The third kappa shape index (κ3) is 2.80. The van der Waals surface area contributed by atoms with Crippen molar-refractivity contribution in [2.45, 2.75) is 13.8 Å². The van der Waals surface area contributed by atoms with Gasteiger partial charge in [-0.15, -0.1) is 5.10 Å². The van der Waals surface area contributed by atoms with Crippen LogP contribution in [0.4, 0.5) is 0 Å². The molecule has 0 saturated carbocycles. The fourth-order valence-corrected chi connectivity index (χ4v) is 2.72. The molecule has 1 aromatic heterocycles. The van der Waals surface area contributed by atoms with Crippen molar-refractivity contribution < 1.29 is 0 Å². The highest BCUT2D eigenvalue weighted by molar-refractivity contribution is 9.10. The SMILES string of the molecule is Cc1cc(-n2nnc(-c3ccc(Br)cc3)c2C)ccc1Br. The van der Waals surface area contributed by atoms with Gasteiger partial charge in [-0.25, -0.2) is 4.68 Å². The molecule has 3 rings (SSSR count). The van der Waals surface area contributed by atoms with Crippen LogP contribution in [0.5, 0.6) is 0 Å². The van der Waals surface area contributed by atoms with E-state index in [1.807, 2.05) is 48.0 Å². The molecule has 0 radical (unpaired) electrons. The van der Waals surface area contributed by atoms with E-state index in [4.69, 9.17) is 0 Å². The minimum absolute atomic E-state index is 0.906. The van der Waals surface area contributed by atoms with Crippen molar-refractivity contribution in [3.05, 3.63) is 62.7 Å². The molecule has 3 aromatic rings. The molecule has 0 aliphatic heterocycles. The Bertz CT molecular complexity index is 792. The van der Waals surface area contributed by atoms with Crippen molar-refractivity contribution in [1.82, 2.24) is 15.0 Å². The summed E-state index contributed by atoms with van der Waals surface area (Å²) in [5.41, 5.74) is 5.19. The summed E-state index contributed by atoms with van der Waals surface area (Å²) in [6, 6.07) is 14.3. The largest absolute Gasteiger partial charge is 0.217 e. The van der Waals surface area contributed by atoms with Gasteiger partial charge in [-0.3, -0.25) is 0 Å². The van der Waals surface area contributed by atoms with E-state index in [9.17, 15) is 0 Å². The topological polar surface area (TPSA) is 30.7 Å². The highest BCUT2D eigenvalue weighted by Crippen LogP contribution is 2.25. The fourth-order valence-electron chi connectivity index (χ4n) is 2.21. The van der Waals surface area contributed by atoms with Crippen molar-refractivity contribution in [3.63, 3.8) is 0 Å². The number of hydrogen-bond donors (Lipinski definition) is 0. The fraction of sp³-hybridized carbons (Fsp3) is 0.125. The number of nitrogens with zero attached hydrogens (tertiary/aromatic N) is 3. The molecule has 0 N–H and O–H groups in total. The van der Waals surface area contributed by atoms with E-state index < -0.39 is 0 Å². The van der Waals surface area contributed by atoms with Gasteiger partial charge in [0.25, 0.3) is 0 Å². The van der Waals surface area contributed by atoms with Gasteiger partial charge in [-0.1, -0.05) is 49.2 Å². The van der Waals surface area contributed by atoms with Crippen LogP contribution in [0.3, 0.4) is 0 Å². The average Bonchev–Trinajstić information content (AvgIpc) is 2.85. The minimum Gasteiger partial charge on any atom is -0.217 e. The van der Waals surface area contributed by atoms with Gasteiger partial charge in [0.2, 0.25) is 0 Å². The summed E-state index contributed by atoms with van der Waals surface area (Å²) in [6.07, 6.45) is 0. The molecule has 0 spiro atoms. The van der Waals surface area contributed by atoms with E-state index in [2.05, 4.69) is 55.2 Å². The van der Waals surface area contributed by atoms with Gasteiger partial charge in [0.1, 0.15) is 5.69 Å². The van der Waals surface area contributed by atoms with Gasteiger partial charge in [0.15, 0.2) is 0 Å². The summed E-state index contributed by atoms with van der Waals surface area (Å²) in [7, 11) is 0. The van der Waals surface area contributed by atoms with Gasteiger partial charge in [-0.2, -0.15) is 0 Å². The van der Waals surface area contributed by atoms with Crippen LogP contribution in [0.2, 0.25) is 0 Å². The van der Waals surface area contributed by atoms with Crippen LogP contribution in [-0.2, 0) is 0 Å². The van der Waals surface area contributed by atoms with Gasteiger partial charge in [0, 0.05) is 14.5 Å². The zero-order valence-electron chi connectivity index (χ0n) is 11.6. The quantitative estimate of drug-likeness (QED) is 0.594. The summed E-state index contributed by atoms with van der Waals surface area (Å²) in [5, 5.41) is 8.63. The molecule has 3 nitrogen and oxygen atoms in total. The third-order valence-corrected chi connectivity index (χ3v) is 4.82. The predicted octanol–water partition coefficient (Wildman–Crippen LogP) is 5.08. The van der Waals surface area contributed by atoms with Crippen LogP contribution >= 0.6 is 31.9 Å². The molecule has 0 amide bonds.